The van der Waals surface area contributed by atoms with Gasteiger partial charge in [-0.1, -0.05) is 24.3 Å². The Labute approximate surface area is 170 Å². The van der Waals surface area contributed by atoms with Gasteiger partial charge in [0.2, 0.25) is 0 Å². The number of urea groups is 1. The molecule has 8 nitrogen and oxygen atoms in total. The summed E-state index contributed by atoms with van der Waals surface area (Å²) in [6.07, 6.45) is 1.82. The number of thiophene rings is 1. The molecule has 4 rings (SSSR count). The maximum absolute atomic E-state index is 12.6. The summed E-state index contributed by atoms with van der Waals surface area (Å²) in [5.74, 6) is -1.40. The van der Waals surface area contributed by atoms with Crippen molar-refractivity contribution in [2.75, 3.05) is 6.61 Å². The van der Waals surface area contributed by atoms with E-state index in [9.17, 15) is 14.4 Å². The Morgan fingerprint density at radius 1 is 1.14 bits per heavy atom. The molecular weight excluding hydrogens is 392 g/mol. The third-order valence-corrected chi connectivity index (χ3v) is 5.09. The van der Waals surface area contributed by atoms with E-state index in [4.69, 9.17) is 4.74 Å². The zero-order valence-electron chi connectivity index (χ0n) is 15.3. The van der Waals surface area contributed by atoms with Gasteiger partial charge in [-0.05, 0) is 36.4 Å². The van der Waals surface area contributed by atoms with Crippen molar-refractivity contribution in [3.8, 4) is 16.3 Å². The van der Waals surface area contributed by atoms with Crippen LogP contribution in [0.25, 0.3) is 16.3 Å². The first kappa shape index (κ1) is 18.9. The Balaban J connectivity index is 1.48. The second-order valence-corrected chi connectivity index (χ2v) is 7.46. The molecule has 1 aliphatic carbocycles. The lowest BCUT2D eigenvalue weighted by atomic mass is 10.3. The first-order chi connectivity index (χ1) is 14.1. The molecule has 0 spiro atoms. The molecule has 2 N–H and O–H groups in total. The number of ether oxygens (including phenoxy) is 1. The molecule has 9 heteroatoms. The number of benzene rings is 1. The zero-order chi connectivity index (χ0) is 20.2. The van der Waals surface area contributed by atoms with E-state index in [0.717, 1.165) is 17.7 Å². The molecule has 0 bridgehead atoms. The number of nitrogens with zero attached hydrogens (tertiary/aromatic N) is 2. The van der Waals surface area contributed by atoms with Crippen LogP contribution in [-0.2, 0) is 9.53 Å². The van der Waals surface area contributed by atoms with Gasteiger partial charge in [-0.2, -0.15) is 5.10 Å². The fourth-order valence-electron chi connectivity index (χ4n) is 2.65. The number of carbonyl (C=O) groups excluding carboxylic acids is 3. The fourth-order valence-corrected chi connectivity index (χ4v) is 3.34. The Bertz CT molecular complexity index is 1030. The number of para-hydroxylation sites is 1. The maximum atomic E-state index is 12.6. The van der Waals surface area contributed by atoms with E-state index >= 15 is 0 Å². The zero-order valence-corrected chi connectivity index (χ0v) is 16.1. The highest BCUT2D eigenvalue weighted by atomic mass is 32.1. The van der Waals surface area contributed by atoms with E-state index in [-0.39, 0.29) is 11.7 Å². The first-order valence-corrected chi connectivity index (χ1v) is 9.95. The van der Waals surface area contributed by atoms with Gasteiger partial charge < -0.3 is 10.1 Å². The second kappa shape index (κ2) is 8.27. The van der Waals surface area contributed by atoms with Crippen LogP contribution in [0.15, 0.2) is 53.9 Å². The lowest BCUT2D eigenvalue weighted by Crippen LogP contribution is -2.42. The van der Waals surface area contributed by atoms with E-state index in [1.807, 2.05) is 47.8 Å². The smallest absolute Gasteiger partial charge is 0.357 e. The number of hydrogen-bond acceptors (Lipinski definition) is 6. The van der Waals surface area contributed by atoms with Crippen LogP contribution < -0.4 is 10.6 Å². The van der Waals surface area contributed by atoms with Crippen molar-refractivity contribution in [1.29, 1.82) is 0 Å². The van der Waals surface area contributed by atoms with Gasteiger partial charge in [-0.25, -0.2) is 14.3 Å². The van der Waals surface area contributed by atoms with Crippen LogP contribution in [0.3, 0.4) is 0 Å². The van der Waals surface area contributed by atoms with E-state index in [0.29, 0.717) is 11.4 Å². The van der Waals surface area contributed by atoms with Crippen molar-refractivity contribution in [2.45, 2.75) is 18.9 Å². The number of imide groups is 1. The van der Waals surface area contributed by atoms with E-state index in [2.05, 4.69) is 15.7 Å². The number of aromatic nitrogens is 2. The Kier molecular flexibility index (Phi) is 5.39. The van der Waals surface area contributed by atoms with Crippen molar-refractivity contribution < 1.29 is 19.1 Å². The van der Waals surface area contributed by atoms with Gasteiger partial charge >= 0.3 is 12.0 Å². The standard InChI is InChI=1S/C20H18N4O4S/c25-18(22-20(27)21-13-8-9-13)12-28-19(26)16-11-15(17-7-4-10-29-17)23-24(16)14-5-2-1-3-6-14/h1-7,10-11,13H,8-9,12H2,(H2,21,22,25,27). The van der Waals surface area contributed by atoms with Crippen LogP contribution in [0.4, 0.5) is 4.79 Å². The van der Waals surface area contributed by atoms with Gasteiger partial charge in [-0.3, -0.25) is 10.1 Å². The molecule has 1 fully saturated rings. The Morgan fingerprint density at radius 2 is 1.93 bits per heavy atom. The van der Waals surface area contributed by atoms with Gasteiger partial charge in [0.1, 0.15) is 5.69 Å². The quantitative estimate of drug-likeness (QED) is 0.609. The highest BCUT2D eigenvalue weighted by Crippen LogP contribution is 2.26. The summed E-state index contributed by atoms with van der Waals surface area (Å²) < 4.78 is 6.60. The number of rotatable bonds is 6. The van der Waals surface area contributed by atoms with E-state index in [1.165, 1.54) is 16.0 Å². The summed E-state index contributed by atoms with van der Waals surface area (Å²) in [7, 11) is 0. The molecular formula is C20H18N4O4S. The van der Waals surface area contributed by atoms with Crippen LogP contribution in [0, 0.1) is 0 Å². The van der Waals surface area contributed by atoms with Gasteiger partial charge in [0.15, 0.2) is 12.3 Å². The lowest BCUT2D eigenvalue weighted by Gasteiger charge is -2.08. The van der Waals surface area contributed by atoms with Crippen LogP contribution in [0.5, 0.6) is 0 Å². The fraction of sp³-hybridized carbons (Fsp3) is 0.200. The molecule has 0 unspecified atom stereocenters. The molecule has 29 heavy (non-hydrogen) atoms. The van der Waals surface area contributed by atoms with Gasteiger partial charge in [-0.15, -0.1) is 11.3 Å². The summed E-state index contributed by atoms with van der Waals surface area (Å²) in [5.41, 5.74) is 1.51. The maximum Gasteiger partial charge on any atom is 0.357 e. The van der Waals surface area contributed by atoms with Crippen LogP contribution in [0.2, 0.25) is 0 Å². The molecule has 3 amide bonds. The monoisotopic (exact) mass is 410 g/mol. The summed E-state index contributed by atoms with van der Waals surface area (Å²) in [6.45, 7) is -0.564. The molecule has 0 radical (unpaired) electrons. The molecule has 0 saturated heterocycles. The van der Waals surface area contributed by atoms with Crippen molar-refractivity contribution in [2.24, 2.45) is 0 Å². The molecule has 0 atom stereocenters. The minimum atomic E-state index is -0.707. The predicted molar refractivity (Wildman–Crippen MR) is 107 cm³/mol. The molecule has 1 aromatic carbocycles. The summed E-state index contributed by atoms with van der Waals surface area (Å²) >= 11 is 1.50. The number of hydrogen-bond donors (Lipinski definition) is 2. The highest BCUT2D eigenvalue weighted by Gasteiger charge is 2.24. The minimum absolute atomic E-state index is 0.126. The number of amides is 3. The third-order valence-electron chi connectivity index (χ3n) is 4.19. The molecule has 148 valence electrons. The number of esters is 1. The largest absolute Gasteiger partial charge is 0.451 e. The van der Waals surface area contributed by atoms with Crippen LogP contribution in [-0.4, -0.2) is 40.3 Å². The van der Waals surface area contributed by atoms with Crippen molar-refractivity contribution in [3.63, 3.8) is 0 Å². The first-order valence-electron chi connectivity index (χ1n) is 9.07. The average Bonchev–Trinajstić information content (AvgIpc) is 3.21. The minimum Gasteiger partial charge on any atom is -0.451 e. The summed E-state index contributed by atoms with van der Waals surface area (Å²) in [5, 5.41) is 11.2. The normalized spacial score (nSPS) is 13.0. The van der Waals surface area contributed by atoms with Gasteiger partial charge in [0, 0.05) is 12.1 Å². The van der Waals surface area contributed by atoms with Crippen LogP contribution >= 0.6 is 11.3 Å². The lowest BCUT2D eigenvalue weighted by molar-refractivity contribution is -0.123. The van der Waals surface area contributed by atoms with E-state index in [1.54, 1.807) is 6.07 Å². The predicted octanol–water partition coefficient (Wildman–Crippen LogP) is 2.75. The SMILES string of the molecule is O=C(COC(=O)c1cc(-c2cccs2)nn1-c1ccccc1)NC(=O)NC1CC1. The molecule has 0 aliphatic heterocycles. The molecule has 2 aromatic heterocycles. The number of carbonyl (C=O) groups is 3. The average molecular weight is 410 g/mol. The third kappa shape index (κ3) is 4.69. The van der Waals surface area contributed by atoms with Crippen LogP contribution in [0.1, 0.15) is 23.3 Å². The van der Waals surface area contributed by atoms with Crippen molar-refractivity contribution in [1.82, 2.24) is 20.4 Å². The van der Waals surface area contributed by atoms with Crippen molar-refractivity contribution in [3.05, 3.63) is 59.6 Å². The van der Waals surface area contributed by atoms with Gasteiger partial charge in [0.25, 0.3) is 5.91 Å². The molecule has 1 aliphatic rings. The Morgan fingerprint density at radius 3 is 2.62 bits per heavy atom. The second-order valence-electron chi connectivity index (χ2n) is 6.51. The molecule has 3 aromatic rings. The highest BCUT2D eigenvalue weighted by molar-refractivity contribution is 7.13. The summed E-state index contributed by atoms with van der Waals surface area (Å²) in [4.78, 5) is 37.0. The van der Waals surface area contributed by atoms with Gasteiger partial charge in [0.05, 0.1) is 10.6 Å². The molecule has 2 heterocycles. The van der Waals surface area contributed by atoms with E-state index < -0.39 is 24.5 Å². The summed E-state index contributed by atoms with van der Waals surface area (Å²) in [6, 6.07) is 14.1. The Hall–Kier alpha value is -3.46. The molecule has 1 saturated carbocycles. The topological polar surface area (TPSA) is 102 Å². The number of nitrogens with one attached hydrogen (secondary N) is 2. The van der Waals surface area contributed by atoms with Crippen molar-refractivity contribution >= 4 is 29.2 Å².